The first-order valence-corrected chi connectivity index (χ1v) is 7.76. The lowest BCUT2D eigenvalue weighted by atomic mass is 9.86. The highest BCUT2D eigenvalue weighted by Crippen LogP contribution is 2.23. The molecule has 1 atom stereocenters. The zero-order valence-electron chi connectivity index (χ0n) is 13.4. The third kappa shape index (κ3) is 5.63. The molecule has 0 spiro atoms. The smallest absolute Gasteiger partial charge is 0.0132 e. The fourth-order valence-corrected chi connectivity index (χ4v) is 2.24. The molecule has 0 heteroatoms. The molecule has 0 aromatic heterocycles. The summed E-state index contributed by atoms with van der Waals surface area (Å²) in [6.45, 7) is 11.3. The quantitative estimate of drug-likeness (QED) is 0.568. The van der Waals surface area contributed by atoms with Crippen molar-refractivity contribution in [3.63, 3.8) is 0 Å². The van der Waals surface area contributed by atoms with Crippen LogP contribution in [0, 0.1) is 5.92 Å². The van der Waals surface area contributed by atoms with Crippen molar-refractivity contribution in [2.45, 2.75) is 65.7 Å². The fraction of sp³-hybridized carbons (Fsp3) is 0.579. The van der Waals surface area contributed by atoms with E-state index in [0.29, 0.717) is 0 Å². The molecule has 0 fully saturated rings. The first-order chi connectivity index (χ1) is 8.97. The summed E-state index contributed by atoms with van der Waals surface area (Å²) in [5, 5.41) is 0. The van der Waals surface area contributed by atoms with Crippen LogP contribution in [0.25, 0.3) is 6.08 Å². The molecule has 106 valence electrons. The average Bonchev–Trinajstić information content (AvgIpc) is 2.38. The van der Waals surface area contributed by atoms with Gasteiger partial charge in [0, 0.05) is 0 Å². The van der Waals surface area contributed by atoms with Gasteiger partial charge in [-0.3, -0.25) is 0 Å². The van der Waals surface area contributed by atoms with Gasteiger partial charge in [-0.1, -0.05) is 83.9 Å². The number of rotatable bonds is 6. The highest BCUT2D eigenvalue weighted by Gasteiger charge is 2.12. The summed E-state index contributed by atoms with van der Waals surface area (Å²) < 4.78 is 0. The van der Waals surface area contributed by atoms with E-state index in [-0.39, 0.29) is 5.41 Å². The zero-order chi connectivity index (χ0) is 14.3. The molecule has 0 aliphatic rings. The first-order valence-electron chi connectivity index (χ1n) is 7.76. The third-order valence-electron chi connectivity index (χ3n) is 3.79. The Balaban J connectivity index is 2.66. The average molecular weight is 258 g/mol. The number of allylic oxidation sites excluding steroid dienone is 1. The van der Waals surface area contributed by atoms with Crippen molar-refractivity contribution >= 4 is 6.08 Å². The van der Waals surface area contributed by atoms with Gasteiger partial charge < -0.3 is 0 Å². The largest absolute Gasteiger partial charge is 0.0808 e. The van der Waals surface area contributed by atoms with E-state index in [2.05, 4.69) is 71.0 Å². The van der Waals surface area contributed by atoms with Gasteiger partial charge >= 0.3 is 0 Å². The van der Waals surface area contributed by atoms with Crippen LogP contribution in [0.2, 0.25) is 0 Å². The Morgan fingerprint density at radius 1 is 1.05 bits per heavy atom. The van der Waals surface area contributed by atoms with E-state index in [1.807, 2.05) is 0 Å². The summed E-state index contributed by atoms with van der Waals surface area (Å²) in [4.78, 5) is 0. The zero-order valence-corrected chi connectivity index (χ0v) is 13.4. The van der Waals surface area contributed by atoms with Crippen LogP contribution < -0.4 is 0 Å². The standard InChI is InChI=1S/C19H30/c1-6-8-9-16(7-2)10-11-17-12-14-18(15-13-17)19(3,4)5/h10-16H,6-9H2,1-5H3/b11-10+. The van der Waals surface area contributed by atoms with E-state index in [0.717, 1.165) is 5.92 Å². The summed E-state index contributed by atoms with van der Waals surface area (Å²) in [6, 6.07) is 8.99. The summed E-state index contributed by atoms with van der Waals surface area (Å²) in [7, 11) is 0. The lowest BCUT2D eigenvalue weighted by Gasteiger charge is -2.18. The van der Waals surface area contributed by atoms with Gasteiger partial charge in [-0.05, 0) is 35.3 Å². The van der Waals surface area contributed by atoms with E-state index in [4.69, 9.17) is 0 Å². The lowest BCUT2D eigenvalue weighted by Crippen LogP contribution is -2.10. The van der Waals surface area contributed by atoms with Crippen LogP contribution in [0.3, 0.4) is 0 Å². The molecule has 0 heterocycles. The summed E-state index contributed by atoms with van der Waals surface area (Å²) >= 11 is 0. The number of unbranched alkanes of at least 4 members (excludes halogenated alkanes) is 1. The Bertz CT molecular complexity index is 375. The molecular weight excluding hydrogens is 228 g/mol. The van der Waals surface area contributed by atoms with Crippen LogP contribution in [0.1, 0.15) is 71.4 Å². The summed E-state index contributed by atoms with van der Waals surface area (Å²) in [6.07, 6.45) is 9.88. The van der Waals surface area contributed by atoms with E-state index in [1.54, 1.807) is 0 Å². The molecular formula is C19H30. The second kappa shape index (κ2) is 7.53. The molecule has 0 saturated carbocycles. The van der Waals surface area contributed by atoms with E-state index in [1.165, 1.54) is 36.8 Å². The van der Waals surface area contributed by atoms with Gasteiger partial charge in [0.15, 0.2) is 0 Å². The number of hydrogen-bond acceptors (Lipinski definition) is 0. The molecule has 0 saturated heterocycles. The fourth-order valence-electron chi connectivity index (χ4n) is 2.24. The van der Waals surface area contributed by atoms with Crippen LogP contribution in [0.15, 0.2) is 30.3 Å². The van der Waals surface area contributed by atoms with Gasteiger partial charge in [0.05, 0.1) is 0 Å². The van der Waals surface area contributed by atoms with Crippen LogP contribution in [-0.4, -0.2) is 0 Å². The minimum absolute atomic E-state index is 0.245. The SMILES string of the molecule is CCCCC(/C=C/c1ccc(C(C)(C)C)cc1)CC. The summed E-state index contributed by atoms with van der Waals surface area (Å²) in [5.74, 6) is 0.738. The second-order valence-corrected chi connectivity index (χ2v) is 6.54. The van der Waals surface area contributed by atoms with Gasteiger partial charge in [-0.25, -0.2) is 0 Å². The van der Waals surface area contributed by atoms with E-state index >= 15 is 0 Å². The Morgan fingerprint density at radius 3 is 2.16 bits per heavy atom. The predicted octanol–water partition coefficient (Wildman–Crippen LogP) is 6.21. The topological polar surface area (TPSA) is 0 Å². The second-order valence-electron chi connectivity index (χ2n) is 6.54. The van der Waals surface area contributed by atoms with Crippen molar-refractivity contribution in [2.75, 3.05) is 0 Å². The number of benzene rings is 1. The Kier molecular flexibility index (Phi) is 6.34. The van der Waals surface area contributed by atoms with Crippen LogP contribution in [-0.2, 0) is 5.41 Å². The van der Waals surface area contributed by atoms with Crippen LogP contribution >= 0.6 is 0 Å². The Labute approximate surface area is 119 Å². The van der Waals surface area contributed by atoms with Gasteiger partial charge in [0.25, 0.3) is 0 Å². The number of hydrogen-bond donors (Lipinski definition) is 0. The molecule has 1 aromatic carbocycles. The lowest BCUT2D eigenvalue weighted by molar-refractivity contribution is 0.542. The van der Waals surface area contributed by atoms with Crippen molar-refractivity contribution < 1.29 is 0 Å². The van der Waals surface area contributed by atoms with E-state index < -0.39 is 0 Å². The van der Waals surface area contributed by atoms with Crippen molar-refractivity contribution in [3.8, 4) is 0 Å². The molecule has 0 bridgehead atoms. The van der Waals surface area contributed by atoms with Crippen molar-refractivity contribution in [3.05, 3.63) is 41.5 Å². The maximum Gasteiger partial charge on any atom is -0.0132 e. The maximum atomic E-state index is 2.39. The predicted molar refractivity (Wildman–Crippen MR) is 87.5 cm³/mol. The van der Waals surface area contributed by atoms with Crippen LogP contribution in [0.5, 0.6) is 0 Å². The first kappa shape index (κ1) is 16.0. The molecule has 1 unspecified atom stereocenters. The molecule has 0 radical (unpaired) electrons. The van der Waals surface area contributed by atoms with Gasteiger partial charge in [0.1, 0.15) is 0 Å². The molecule has 0 amide bonds. The molecule has 1 aromatic rings. The van der Waals surface area contributed by atoms with Crippen LogP contribution in [0.4, 0.5) is 0 Å². The molecule has 0 N–H and O–H groups in total. The molecule has 1 rings (SSSR count). The Morgan fingerprint density at radius 2 is 1.68 bits per heavy atom. The Hall–Kier alpha value is -1.04. The van der Waals surface area contributed by atoms with Crippen molar-refractivity contribution in [1.82, 2.24) is 0 Å². The summed E-state index contributed by atoms with van der Waals surface area (Å²) in [5.41, 5.74) is 2.97. The molecule has 19 heavy (non-hydrogen) atoms. The van der Waals surface area contributed by atoms with Gasteiger partial charge in [-0.15, -0.1) is 0 Å². The molecule has 0 nitrogen and oxygen atoms in total. The minimum atomic E-state index is 0.245. The maximum absolute atomic E-state index is 2.39. The van der Waals surface area contributed by atoms with Crippen molar-refractivity contribution in [2.24, 2.45) is 5.92 Å². The molecule has 0 aliphatic carbocycles. The molecule has 0 aliphatic heterocycles. The monoisotopic (exact) mass is 258 g/mol. The van der Waals surface area contributed by atoms with Gasteiger partial charge in [-0.2, -0.15) is 0 Å². The van der Waals surface area contributed by atoms with E-state index in [9.17, 15) is 0 Å². The van der Waals surface area contributed by atoms with Crippen molar-refractivity contribution in [1.29, 1.82) is 0 Å². The highest BCUT2D eigenvalue weighted by atomic mass is 14.2. The minimum Gasteiger partial charge on any atom is -0.0808 e. The third-order valence-corrected chi connectivity index (χ3v) is 3.79. The highest BCUT2D eigenvalue weighted by molar-refractivity contribution is 5.50. The normalized spacial score (nSPS) is 13.9. The van der Waals surface area contributed by atoms with Gasteiger partial charge in [0.2, 0.25) is 0 Å².